The first-order valence-electron chi connectivity index (χ1n) is 5.08. The van der Waals surface area contributed by atoms with Crippen molar-refractivity contribution in [1.29, 1.82) is 0 Å². The third kappa shape index (κ3) is 2.76. The fourth-order valence-electron chi connectivity index (χ4n) is 1.31. The Balaban J connectivity index is 2.95. The van der Waals surface area contributed by atoms with Crippen molar-refractivity contribution in [1.82, 2.24) is 4.90 Å². The van der Waals surface area contributed by atoms with Gasteiger partial charge in [-0.05, 0) is 19.1 Å². The number of nitrogens with zero attached hydrogens (tertiary/aromatic N) is 1. The summed E-state index contributed by atoms with van der Waals surface area (Å²) in [5.41, 5.74) is 0.598. The van der Waals surface area contributed by atoms with Crippen molar-refractivity contribution in [3.05, 3.63) is 29.8 Å². The lowest BCUT2D eigenvalue weighted by atomic mass is 10.1. The molecule has 0 radical (unpaired) electrons. The second-order valence-corrected chi connectivity index (χ2v) is 4.27. The van der Waals surface area contributed by atoms with Crippen LogP contribution in [0.1, 0.15) is 17.3 Å². The van der Waals surface area contributed by atoms with Crippen LogP contribution in [0.4, 0.5) is 0 Å². The van der Waals surface area contributed by atoms with Crippen LogP contribution in [0.5, 0.6) is 5.75 Å². The molecule has 4 heteroatoms. The molecule has 0 aliphatic heterocycles. The highest BCUT2D eigenvalue weighted by atomic mass is 79.9. The maximum absolute atomic E-state index is 12.1. The van der Waals surface area contributed by atoms with Gasteiger partial charge in [0.1, 0.15) is 5.75 Å². The molecule has 0 aliphatic rings. The topological polar surface area (TPSA) is 29.5 Å². The molecule has 1 rings (SSSR count). The van der Waals surface area contributed by atoms with Crippen molar-refractivity contribution >= 4 is 21.8 Å². The predicted octanol–water partition coefficient (Wildman–Crippen LogP) is 2.55. The maximum Gasteiger partial charge on any atom is 0.257 e. The zero-order chi connectivity index (χ0) is 12.1. The number of carbonyl (C=O) groups is 1. The summed E-state index contributed by atoms with van der Waals surface area (Å²) in [6.45, 7) is 1.99. The van der Waals surface area contributed by atoms with Crippen molar-refractivity contribution in [2.24, 2.45) is 0 Å². The van der Waals surface area contributed by atoms with Gasteiger partial charge in [-0.1, -0.05) is 28.1 Å². The average molecular weight is 286 g/mol. The Morgan fingerprint density at radius 3 is 2.69 bits per heavy atom. The smallest absolute Gasteiger partial charge is 0.257 e. The van der Waals surface area contributed by atoms with Gasteiger partial charge < -0.3 is 9.64 Å². The van der Waals surface area contributed by atoms with Crippen LogP contribution in [0.2, 0.25) is 0 Å². The molecule has 0 N–H and O–H groups in total. The quantitative estimate of drug-likeness (QED) is 0.796. The second-order valence-electron chi connectivity index (χ2n) is 3.62. The van der Waals surface area contributed by atoms with E-state index in [0.29, 0.717) is 11.3 Å². The molecule has 0 aromatic heterocycles. The molecule has 16 heavy (non-hydrogen) atoms. The van der Waals surface area contributed by atoms with Crippen molar-refractivity contribution in [2.75, 3.05) is 19.5 Å². The van der Waals surface area contributed by atoms with E-state index in [1.165, 1.54) is 0 Å². The zero-order valence-electron chi connectivity index (χ0n) is 9.74. The highest BCUT2D eigenvalue weighted by Crippen LogP contribution is 2.19. The van der Waals surface area contributed by atoms with E-state index < -0.39 is 0 Å². The minimum Gasteiger partial charge on any atom is -0.496 e. The molecule has 3 nitrogen and oxygen atoms in total. The molecular weight excluding hydrogens is 270 g/mol. The van der Waals surface area contributed by atoms with E-state index in [1.54, 1.807) is 31.2 Å². The summed E-state index contributed by atoms with van der Waals surface area (Å²) < 4.78 is 5.17. The number of hydrogen-bond acceptors (Lipinski definition) is 2. The van der Waals surface area contributed by atoms with Gasteiger partial charge in [0.25, 0.3) is 5.91 Å². The van der Waals surface area contributed by atoms with E-state index in [9.17, 15) is 4.79 Å². The van der Waals surface area contributed by atoms with Crippen LogP contribution in [0.3, 0.4) is 0 Å². The number of carbonyl (C=O) groups excluding carboxylic acids is 1. The van der Waals surface area contributed by atoms with Crippen molar-refractivity contribution in [2.45, 2.75) is 13.0 Å². The fraction of sp³-hybridized carbons (Fsp3) is 0.417. The van der Waals surface area contributed by atoms with Crippen LogP contribution in [-0.2, 0) is 0 Å². The number of rotatable bonds is 4. The van der Waals surface area contributed by atoms with Crippen LogP contribution < -0.4 is 4.74 Å². The largest absolute Gasteiger partial charge is 0.496 e. The molecule has 0 fully saturated rings. The van der Waals surface area contributed by atoms with E-state index in [0.717, 1.165) is 5.33 Å². The fourth-order valence-corrected chi connectivity index (χ4v) is 1.75. The predicted molar refractivity (Wildman–Crippen MR) is 68.3 cm³/mol. The van der Waals surface area contributed by atoms with Crippen molar-refractivity contribution in [3.8, 4) is 5.75 Å². The van der Waals surface area contributed by atoms with Gasteiger partial charge in [0, 0.05) is 18.4 Å². The van der Waals surface area contributed by atoms with Crippen molar-refractivity contribution in [3.63, 3.8) is 0 Å². The standard InChI is InChI=1S/C12H16BrNO2/c1-9(8-13)14(2)12(15)10-6-4-5-7-11(10)16-3/h4-7,9H,8H2,1-3H3. The van der Waals surface area contributed by atoms with Gasteiger partial charge in [-0.3, -0.25) is 4.79 Å². The summed E-state index contributed by atoms with van der Waals surface area (Å²) in [5, 5.41) is 0.754. The van der Waals surface area contributed by atoms with Gasteiger partial charge in [0.05, 0.1) is 12.7 Å². The van der Waals surface area contributed by atoms with Crippen LogP contribution in [0.25, 0.3) is 0 Å². The molecule has 88 valence electrons. The van der Waals surface area contributed by atoms with Crippen LogP contribution in [-0.4, -0.2) is 36.3 Å². The third-order valence-corrected chi connectivity index (χ3v) is 3.48. The molecule has 0 spiro atoms. The highest BCUT2D eigenvalue weighted by Gasteiger charge is 2.19. The number of ether oxygens (including phenoxy) is 1. The maximum atomic E-state index is 12.1. The number of alkyl halides is 1. The average Bonchev–Trinajstić information content (AvgIpc) is 2.35. The Labute approximate surface area is 105 Å². The first kappa shape index (κ1) is 13.0. The molecule has 1 amide bonds. The van der Waals surface area contributed by atoms with Crippen LogP contribution >= 0.6 is 15.9 Å². The van der Waals surface area contributed by atoms with Gasteiger partial charge in [-0.15, -0.1) is 0 Å². The van der Waals surface area contributed by atoms with E-state index >= 15 is 0 Å². The minimum atomic E-state index is -0.0237. The Kier molecular flexibility index (Phi) is 4.80. The van der Waals surface area contributed by atoms with Crippen LogP contribution in [0, 0.1) is 0 Å². The first-order chi connectivity index (χ1) is 7.61. The summed E-state index contributed by atoms with van der Waals surface area (Å²) in [7, 11) is 3.36. The normalized spacial score (nSPS) is 12.0. The lowest BCUT2D eigenvalue weighted by molar-refractivity contribution is 0.0755. The first-order valence-corrected chi connectivity index (χ1v) is 6.20. The lowest BCUT2D eigenvalue weighted by Crippen LogP contribution is -2.36. The number of benzene rings is 1. The second kappa shape index (κ2) is 5.89. The Morgan fingerprint density at radius 1 is 1.50 bits per heavy atom. The lowest BCUT2D eigenvalue weighted by Gasteiger charge is -2.24. The number of halogens is 1. The highest BCUT2D eigenvalue weighted by molar-refractivity contribution is 9.09. The molecule has 0 saturated heterocycles. The SMILES string of the molecule is COc1ccccc1C(=O)N(C)C(C)CBr. The molecule has 1 aromatic carbocycles. The monoisotopic (exact) mass is 285 g/mol. The number of amides is 1. The molecule has 0 bridgehead atoms. The number of hydrogen-bond donors (Lipinski definition) is 0. The molecular formula is C12H16BrNO2. The van der Waals surface area contributed by atoms with Gasteiger partial charge in [-0.25, -0.2) is 0 Å². The Hall–Kier alpha value is -1.03. The number of methoxy groups -OCH3 is 1. The molecule has 0 aliphatic carbocycles. The third-order valence-electron chi connectivity index (χ3n) is 2.54. The molecule has 1 atom stereocenters. The summed E-state index contributed by atoms with van der Waals surface area (Å²) in [4.78, 5) is 13.9. The molecule has 1 aromatic rings. The van der Waals surface area contributed by atoms with E-state index in [1.807, 2.05) is 19.1 Å². The summed E-state index contributed by atoms with van der Waals surface area (Å²) >= 11 is 3.37. The van der Waals surface area contributed by atoms with Gasteiger partial charge in [0.15, 0.2) is 0 Å². The molecule has 0 saturated carbocycles. The summed E-state index contributed by atoms with van der Waals surface area (Å²) in [6.07, 6.45) is 0. The Morgan fingerprint density at radius 2 is 2.12 bits per heavy atom. The minimum absolute atomic E-state index is 0.0237. The summed E-state index contributed by atoms with van der Waals surface area (Å²) in [6, 6.07) is 7.40. The van der Waals surface area contributed by atoms with Crippen LogP contribution in [0.15, 0.2) is 24.3 Å². The molecule has 0 heterocycles. The van der Waals surface area contributed by atoms with E-state index in [4.69, 9.17) is 4.74 Å². The summed E-state index contributed by atoms with van der Waals surface area (Å²) in [5.74, 6) is 0.588. The Bertz CT molecular complexity index is 368. The van der Waals surface area contributed by atoms with Crippen molar-refractivity contribution < 1.29 is 9.53 Å². The van der Waals surface area contributed by atoms with E-state index in [-0.39, 0.29) is 11.9 Å². The van der Waals surface area contributed by atoms with Gasteiger partial charge >= 0.3 is 0 Å². The number of para-hydroxylation sites is 1. The van der Waals surface area contributed by atoms with Gasteiger partial charge in [-0.2, -0.15) is 0 Å². The van der Waals surface area contributed by atoms with E-state index in [2.05, 4.69) is 15.9 Å². The van der Waals surface area contributed by atoms with Gasteiger partial charge in [0.2, 0.25) is 0 Å². The molecule has 1 unspecified atom stereocenters. The zero-order valence-corrected chi connectivity index (χ0v) is 11.3.